The highest BCUT2D eigenvalue weighted by Gasteiger charge is 2.16. The van der Waals surface area contributed by atoms with Crippen LogP contribution in [0.15, 0.2) is 152 Å². The first kappa shape index (κ1) is 24.8. The second kappa shape index (κ2) is 10.5. The van der Waals surface area contributed by atoms with Crippen LogP contribution in [0.2, 0.25) is 0 Å². The monoisotopic (exact) mass is 551 g/mol. The minimum atomic E-state index is 0.534. The summed E-state index contributed by atoms with van der Waals surface area (Å²) in [6.45, 7) is 0. The molecule has 0 radical (unpaired) electrons. The number of hydrogen-bond acceptors (Lipinski definition) is 4. The molecule has 5 heteroatoms. The molecule has 5 nitrogen and oxygen atoms in total. The molecular weight excluding hydrogens is 526 g/mol. The molecule has 43 heavy (non-hydrogen) atoms. The summed E-state index contributed by atoms with van der Waals surface area (Å²) in [5.74, 6) is 1.74. The number of pyridine rings is 1. The van der Waals surface area contributed by atoms with Gasteiger partial charge in [-0.3, -0.25) is 0 Å². The van der Waals surface area contributed by atoms with Crippen LogP contribution in [0.25, 0.3) is 73.0 Å². The van der Waals surface area contributed by atoms with E-state index in [2.05, 4.69) is 121 Å². The first-order chi connectivity index (χ1) is 21.3. The van der Waals surface area contributed by atoms with Crippen LogP contribution in [-0.4, -0.2) is 24.6 Å². The van der Waals surface area contributed by atoms with E-state index in [0.717, 1.165) is 38.7 Å². The second-order valence-electron chi connectivity index (χ2n) is 10.5. The number of benzene rings is 5. The van der Waals surface area contributed by atoms with Gasteiger partial charge in [0.15, 0.2) is 17.5 Å². The highest BCUT2D eigenvalue weighted by Crippen LogP contribution is 2.29. The van der Waals surface area contributed by atoms with Gasteiger partial charge in [-0.1, -0.05) is 133 Å². The van der Waals surface area contributed by atoms with Gasteiger partial charge in [-0.05, 0) is 40.5 Å². The maximum atomic E-state index is 4.95. The van der Waals surface area contributed by atoms with E-state index in [4.69, 9.17) is 20.1 Å². The lowest BCUT2D eigenvalue weighted by Gasteiger charge is -2.09. The average Bonchev–Trinajstić information content (AvgIpc) is 3.54. The van der Waals surface area contributed by atoms with E-state index in [1.165, 1.54) is 11.1 Å². The van der Waals surface area contributed by atoms with Crippen molar-refractivity contribution in [3.63, 3.8) is 0 Å². The lowest BCUT2D eigenvalue weighted by Crippen LogP contribution is -2.01. The van der Waals surface area contributed by atoms with Gasteiger partial charge in [0.05, 0.1) is 11.0 Å². The van der Waals surface area contributed by atoms with Crippen molar-refractivity contribution in [3.05, 3.63) is 152 Å². The molecule has 0 aliphatic heterocycles. The topological polar surface area (TPSA) is 56.0 Å². The van der Waals surface area contributed by atoms with Gasteiger partial charge in [0, 0.05) is 16.5 Å². The quantitative estimate of drug-likeness (QED) is 0.214. The second-order valence-corrected chi connectivity index (χ2v) is 10.5. The molecule has 0 saturated carbocycles. The Bertz CT molecular complexity index is 2100. The third-order valence-corrected chi connectivity index (χ3v) is 7.70. The molecule has 8 rings (SSSR count). The summed E-state index contributed by atoms with van der Waals surface area (Å²) in [5.41, 5.74) is 9.17. The normalized spacial score (nSPS) is 11.3. The third-order valence-electron chi connectivity index (χ3n) is 7.70. The minimum Gasteiger partial charge on any atom is -0.232 e. The van der Waals surface area contributed by atoms with E-state index >= 15 is 0 Å². The van der Waals surface area contributed by atoms with Crippen molar-refractivity contribution in [2.75, 3.05) is 0 Å². The Balaban J connectivity index is 1.25. The number of para-hydroxylation sites is 1. The van der Waals surface area contributed by atoms with Crippen LogP contribution in [-0.2, 0) is 0 Å². The minimum absolute atomic E-state index is 0.534. The Morgan fingerprint density at radius 1 is 0.372 bits per heavy atom. The van der Waals surface area contributed by atoms with Crippen LogP contribution >= 0.6 is 0 Å². The summed E-state index contributed by atoms with van der Waals surface area (Å²) < 4.78 is 1.96. The SMILES string of the molecule is c1ccc(-c2ccc(-c3nc(-c4ccc(-c5ccccc5)cc4)nc(-c4cc5ccc6ccccc6n5n4)n3)cc2)cc1. The summed E-state index contributed by atoms with van der Waals surface area (Å²) in [4.78, 5) is 14.8. The Hall–Kier alpha value is -5.94. The number of fused-ring (bicyclic) bond motifs is 3. The Morgan fingerprint density at radius 3 is 1.42 bits per heavy atom. The van der Waals surface area contributed by atoms with Crippen LogP contribution in [0, 0.1) is 0 Å². The molecule has 0 aliphatic rings. The molecule has 3 aromatic heterocycles. The molecule has 5 aromatic carbocycles. The highest BCUT2D eigenvalue weighted by atomic mass is 15.2. The van der Waals surface area contributed by atoms with Crippen LogP contribution < -0.4 is 0 Å². The lowest BCUT2D eigenvalue weighted by atomic mass is 10.0. The van der Waals surface area contributed by atoms with Gasteiger partial charge in [0.1, 0.15) is 5.69 Å². The van der Waals surface area contributed by atoms with Gasteiger partial charge < -0.3 is 0 Å². The maximum absolute atomic E-state index is 4.95. The predicted octanol–water partition coefficient (Wildman–Crippen LogP) is 9.01. The summed E-state index contributed by atoms with van der Waals surface area (Å²) in [6, 6.07) is 51.9. The molecule has 0 fully saturated rings. The highest BCUT2D eigenvalue weighted by molar-refractivity contribution is 5.83. The van der Waals surface area contributed by atoms with Gasteiger partial charge >= 0.3 is 0 Å². The zero-order valence-corrected chi connectivity index (χ0v) is 23.2. The first-order valence-corrected chi connectivity index (χ1v) is 14.2. The van der Waals surface area contributed by atoms with Gasteiger partial charge in [-0.2, -0.15) is 5.10 Å². The van der Waals surface area contributed by atoms with Crippen molar-refractivity contribution in [3.8, 4) is 56.5 Å². The Kier molecular flexibility index (Phi) is 6.05. The van der Waals surface area contributed by atoms with E-state index in [0.29, 0.717) is 23.2 Å². The zero-order valence-electron chi connectivity index (χ0n) is 23.2. The van der Waals surface area contributed by atoms with Crippen molar-refractivity contribution in [1.29, 1.82) is 0 Å². The smallest absolute Gasteiger partial charge is 0.184 e. The van der Waals surface area contributed by atoms with Crippen molar-refractivity contribution < 1.29 is 0 Å². The van der Waals surface area contributed by atoms with E-state index in [1.807, 2.05) is 34.8 Å². The Labute approximate surface area is 248 Å². The van der Waals surface area contributed by atoms with Crippen LogP contribution in [0.3, 0.4) is 0 Å². The molecule has 0 spiro atoms. The molecule has 0 N–H and O–H groups in total. The molecule has 0 saturated heterocycles. The first-order valence-electron chi connectivity index (χ1n) is 14.2. The van der Waals surface area contributed by atoms with Crippen LogP contribution in [0.5, 0.6) is 0 Å². The maximum Gasteiger partial charge on any atom is 0.184 e. The molecule has 0 aliphatic carbocycles. The molecule has 0 unspecified atom stereocenters. The molecule has 202 valence electrons. The third kappa shape index (κ3) is 4.73. The van der Waals surface area contributed by atoms with Gasteiger partial charge in [-0.25, -0.2) is 19.5 Å². The summed E-state index contributed by atoms with van der Waals surface area (Å²) in [6.07, 6.45) is 0. The van der Waals surface area contributed by atoms with E-state index in [-0.39, 0.29) is 0 Å². The van der Waals surface area contributed by atoms with Gasteiger partial charge in [0.2, 0.25) is 0 Å². The summed E-state index contributed by atoms with van der Waals surface area (Å²) in [5, 5.41) is 6.08. The number of rotatable bonds is 5. The van der Waals surface area contributed by atoms with Crippen molar-refractivity contribution in [1.82, 2.24) is 24.6 Å². The fourth-order valence-corrected chi connectivity index (χ4v) is 5.45. The van der Waals surface area contributed by atoms with E-state index in [9.17, 15) is 0 Å². The number of hydrogen-bond donors (Lipinski definition) is 0. The Morgan fingerprint density at radius 2 is 0.837 bits per heavy atom. The van der Waals surface area contributed by atoms with E-state index < -0.39 is 0 Å². The molecule has 8 aromatic rings. The number of aromatic nitrogens is 5. The molecule has 0 atom stereocenters. The zero-order chi connectivity index (χ0) is 28.6. The van der Waals surface area contributed by atoms with Gasteiger partial charge in [-0.15, -0.1) is 0 Å². The summed E-state index contributed by atoms with van der Waals surface area (Å²) in [7, 11) is 0. The van der Waals surface area contributed by atoms with Crippen LogP contribution in [0.1, 0.15) is 0 Å². The molecular formula is C38H25N5. The molecule has 0 amide bonds. The standard InChI is InChI=1S/C38H25N5/c1-3-9-26(10-4-1)28-15-19-31(20-16-28)36-39-37(32-21-17-29(18-22-32)27-11-5-2-6-12-27)41-38(40-36)34-25-33-24-23-30-13-7-8-14-35(30)43(33)42-34/h1-25H. The van der Waals surface area contributed by atoms with E-state index in [1.54, 1.807) is 0 Å². The fourth-order valence-electron chi connectivity index (χ4n) is 5.45. The van der Waals surface area contributed by atoms with Crippen molar-refractivity contribution in [2.45, 2.75) is 0 Å². The van der Waals surface area contributed by atoms with Crippen molar-refractivity contribution >= 4 is 16.4 Å². The predicted molar refractivity (Wildman–Crippen MR) is 173 cm³/mol. The average molecular weight is 552 g/mol. The lowest BCUT2D eigenvalue weighted by molar-refractivity contribution is 0.984. The fraction of sp³-hybridized carbons (Fsp3) is 0. The van der Waals surface area contributed by atoms with Gasteiger partial charge in [0.25, 0.3) is 0 Å². The largest absolute Gasteiger partial charge is 0.232 e. The molecule has 3 heterocycles. The summed E-state index contributed by atoms with van der Waals surface area (Å²) >= 11 is 0. The van der Waals surface area contributed by atoms with Crippen LogP contribution in [0.4, 0.5) is 0 Å². The number of nitrogens with zero attached hydrogens (tertiary/aromatic N) is 5. The van der Waals surface area contributed by atoms with Crippen molar-refractivity contribution in [2.24, 2.45) is 0 Å². The molecule has 0 bridgehead atoms.